The molecule has 0 radical (unpaired) electrons. The minimum absolute atomic E-state index is 0.168. The van der Waals surface area contributed by atoms with E-state index in [9.17, 15) is 0 Å². The molecule has 0 aliphatic carbocycles. The topological polar surface area (TPSA) is 34.1 Å². The smallest absolute Gasteiger partial charge is 0.122 e. The molecule has 0 spiro atoms. The maximum absolute atomic E-state index is 5.88. The Kier molecular flexibility index (Phi) is 6.87. The van der Waals surface area contributed by atoms with Crippen molar-refractivity contribution in [3.63, 3.8) is 0 Å². The van der Waals surface area contributed by atoms with E-state index < -0.39 is 0 Å². The number of ether oxygens (including phenoxy) is 2. The summed E-state index contributed by atoms with van der Waals surface area (Å²) in [6.45, 7) is 12.1. The van der Waals surface area contributed by atoms with E-state index in [0.717, 1.165) is 31.8 Å². The van der Waals surface area contributed by atoms with E-state index in [1.807, 2.05) is 18.2 Å². The van der Waals surface area contributed by atoms with E-state index >= 15 is 0 Å². The zero-order valence-electron chi connectivity index (χ0n) is 13.8. The van der Waals surface area contributed by atoms with E-state index in [0.29, 0.717) is 19.3 Å². The molecule has 1 aliphatic rings. The third kappa shape index (κ3) is 5.43. The van der Waals surface area contributed by atoms with Gasteiger partial charge < -0.3 is 14.5 Å². The van der Waals surface area contributed by atoms with Gasteiger partial charge in [0, 0.05) is 19.6 Å². The molecule has 0 aromatic heterocycles. The maximum atomic E-state index is 5.88. The lowest BCUT2D eigenvalue weighted by Gasteiger charge is -2.19. The number of hydrogen-bond acceptors (Lipinski definition) is 4. The molecule has 4 heteroatoms. The van der Waals surface area contributed by atoms with Crippen LogP contribution in [0.15, 0.2) is 29.3 Å². The number of aryl methyl sites for hydroxylation is 1. The molecule has 1 saturated heterocycles. The zero-order chi connectivity index (χ0) is 15.8. The van der Waals surface area contributed by atoms with Crippen molar-refractivity contribution in [2.75, 3.05) is 33.0 Å². The van der Waals surface area contributed by atoms with Crippen molar-refractivity contribution in [3.8, 4) is 5.75 Å². The van der Waals surface area contributed by atoms with E-state index in [1.54, 1.807) is 0 Å². The number of nitrogens with zero attached hydrogens (tertiary/aromatic N) is 2. The first-order valence-corrected chi connectivity index (χ1v) is 8.14. The van der Waals surface area contributed by atoms with Crippen LogP contribution in [0.2, 0.25) is 0 Å². The van der Waals surface area contributed by atoms with E-state index in [1.165, 1.54) is 12.0 Å². The molecule has 4 nitrogen and oxygen atoms in total. The molecular weight excluding hydrogens is 276 g/mol. The highest BCUT2D eigenvalue weighted by atomic mass is 16.5. The van der Waals surface area contributed by atoms with Gasteiger partial charge in [0.05, 0.1) is 6.73 Å². The molecule has 122 valence electrons. The quantitative estimate of drug-likeness (QED) is 0.519. The Hall–Kier alpha value is -1.39. The highest BCUT2D eigenvalue weighted by molar-refractivity contribution is 5.31. The van der Waals surface area contributed by atoms with E-state index in [4.69, 9.17) is 9.47 Å². The van der Waals surface area contributed by atoms with Crippen LogP contribution >= 0.6 is 0 Å². The summed E-state index contributed by atoms with van der Waals surface area (Å²) < 4.78 is 11.7. The molecule has 2 rings (SSSR count). The van der Waals surface area contributed by atoms with Crippen molar-refractivity contribution in [2.24, 2.45) is 10.9 Å². The molecule has 22 heavy (non-hydrogen) atoms. The van der Waals surface area contributed by atoms with Gasteiger partial charge in [0.25, 0.3) is 0 Å². The van der Waals surface area contributed by atoms with Crippen LogP contribution in [0, 0.1) is 12.8 Å². The number of aliphatic imine (C=N–C) groups is 1. The number of para-hydroxylation sites is 1. The van der Waals surface area contributed by atoms with Gasteiger partial charge in [-0.2, -0.15) is 0 Å². The molecule has 1 aromatic rings. The Bertz CT molecular complexity index is 464. The minimum atomic E-state index is 0.168. The first kappa shape index (κ1) is 17.0. The first-order valence-electron chi connectivity index (χ1n) is 8.14. The van der Waals surface area contributed by atoms with Crippen molar-refractivity contribution in [3.05, 3.63) is 29.8 Å². The monoisotopic (exact) mass is 304 g/mol. The number of rotatable bonds is 9. The molecule has 1 fully saturated rings. The van der Waals surface area contributed by atoms with Crippen molar-refractivity contribution in [1.29, 1.82) is 0 Å². The summed E-state index contributed by atoms with van der Waals surface area (Å²) in [5.74, 6) is 1.62. The fraction of sp³-hybridized carbons (Fsp3) is 0.611. The van der Waals surface area contributed by atoms with Crippen LogP contribution < -0.4 is 4.74 Å². The minimum Gasteiger partial charge on any atom is -0.491 e. The SMILES string of the molecule is C=NCCCC(C)CN1COC(COc2ccccc2C)C1. The van der Waals surface area contributed by atoms with Crippen LogP contribution in [0.3, 0.4) is 0 Å². The van der Waals surface area contributed by atoms with Gasteiger partial charge in [-0.05, 0) is 44.0 Å². The van der Waals surface area contributed by atoms with Gasteiger partial charge in [0.2, 0.25) is 0 Å². The average molecular weight is 304 g/mol. The Morgan fingerprint density at radius 3 is 3.05 bits per heavy atom. The molecule has 0 bridgehead atoms. The molecule has 0 amide bonds. The second-order valence-electron chi connectivity index (χ2n) is 6.22. The van der Waals surface area contributed by atoms with Gasteiger partial charge in [-0.1, -0.05) is 25.1 Å². The lowest BCUT2D eigenvalue weighted by Crippen LogP contribution is -2.29. The summed E-state index contributed by atoms with van der Waals surface area (Å²) in [4.78, 5) is 6.28. The third-order valence-corrected chi connectivity index (χ3v) is 4.06. The normalized spacial score (nSPS) is 20.0. The average Bonchev–Trinajstić information content (AvgIpc) is 2.94. The van der Waals surface area contributed by atoms with Gasteiger partial charge in [0.15, 0.2) is 0 Å². The third-order valence-electron chi connectivity index (χ3n) is 4.06. The van der Waals surface area contributed by atoms with Crippen molar-refractivity contribution < 1.29 is 9.47 Å². The molecule has 2 unspecified atom stereocenters. The maximum Gasteiger partial charge on any atom is 0.122 e. The van der Waals surface area contributed by atoms with Crippen LogP contribution in [0.4, 0.5) is 0 Å². The van der Waals surface area contributed by atoms with Crippen molar-refractivity contribution in [1.82, 2.24) is 4.90 Å². The van der Waals surface area contributed by atoms with Crippen LogP contribution in [0.25, 0.3) is 0 Å². The largest absolute Gasteiger partial charge is 0.491 e. The highest BCUT2D eigenvalue weighted by Gasteiger charge is 2.24. The van der Waals surface area contributed by atoms with E-state index in [2.05, 4.69) is 36.5 Å². The zero-order valence-corrected chi connectivity index (χ0v) is 13.8. The fourth-order valence-corrected chi connectivity index (χ4v) is 2.82. The Balaban J connectivity index is 1.67. The summed E-state index contributed by atoms with van der Waals surface area (Å²) in [7, 11) is 0. The molecule has 1 aromatic carbocycles. The predicted octanol–water partition coefficient (Wildman–Crippen LogP) is 3.15. The summed E-state index contributed by atoms with van der Waals surface area (Å²) in [5, 5.41) is 0. The van der Waals surface area contributed by atoms with Crippen molar-refractivity contribution in [2.45, 2.75) is 32.8 Å². The van der Waals surface area contributed by atoms with Crippen LogP contribution in [0.5, 0.6) is 5.75 Å². The van der Waals surface area contributed by atoms with Crippen LogP contribution in [-0.2, 0) is 4.74 Å². The van der Waals surface area contributed by atoms with Crippen molar-refractivity contribution >= 4 is 6.72 Å². The second kappa shape index (κ2) is 8.91. The number of hydrogen-bond donors (Lipinski definition) is 0. The molecule has 2 atom stereocenters. The molecule has 1 heterocycles. The van der Waals surface area contributed by atoms with Gasteiger partial charge in [-0.25, -0.2) is 0 Å². The summed E-state index contributed by atoms with van der Waals surface area (Å²) in [6.07, 6.45) is 2.49. The van der Waals surface area contributed by atoms with Gasteiger partial charge in [-0.3, -0.25) is 4.90 Å². The standard InChI is InChI=1S/C18H28N2O2/c1-15(7-6-10-19-3)11-20-12-17(22-14-20)13-21-18-9-5-4-8-16(18)2/h4-5,8-9,15,17H,3,6-7,10-14H2,1-2H3. The molecular formula is C18H28N2O2. The Labute approximate surface area is 134 Å². The molecule has 0 saturated carbocycles. The van der Waals surface area contributed by atoms with Gasteiger partial charge >= 0.3 is 0 Å². The predicted molar refractivity (Wildman–Crippen MR) is 90.8 cm³/mol. The van der Waals surface area contributed by atoms with Crippen LogP contribution in [-0.4, -0.2) is 50.7 Å². The van der Waals surface area contributed by atoms with Gasteiger partial charge in [0.1, 0.15) is 18.5 Å². The summed E-state index contributed by atoms with van der Waals surface area (Å²) >= 11 is 0. The highest BCUT2D eigenvalue weighted by Crippen LogP contribution is 2.19. The number of benzene rings is 1. The lowest BCUT2D eigenvalue weighted by molar-refractivity contribution is 0.0570. The first-order chi connectivity index (χ1) is 10.7. The van der Waals surface area contributed by atoms with E-state index in [-0.39, 0.29) is 6.10 Å². The fourth-order valence-electron chi connectivity index (χ4n) is 2.82. The lowest BCUT2D eigenvalue weighted by atomic mass is 10.1. The van der Waals surface area contributed by atoms with Gasteiger partial charge in [-0.15, -0.1) is 0 Å². The Morgan fingerprint density at radius 1 is 1.45 bits per heavy atom. The molecule has 0 N–H and O–H groups in total. The summed E-state index contributed by atoms with van der Waals surface area (Å²) in [5.41, 5.74) is 1.17. The molecule has 1 aliphatic heterocycles. The van der Waals surface area contributed by atoms with Crippen LogP contribution in [0.1, 0.15) is 25.3 Å². The second-order valence-corrected chi connectivity index (χ2v) is 6.22. The summed E-state index contributed by atoms with van der Waals surface area (Å²) in [6, 6.07) is 8.11. The Morgan fingerprint density at radius 2 is 2.27 bits per heavy atom.